The molecule has 1 unspecified atom stereocenters. The highest BCUT2D eigenvalue weighted by molar-refractivity contribution is 7.86. The van der Waals surface area contributed by atoms with Gasteiger partial charge in [-0.2, -0.15) is 8.42 Å². The summed E-state index contributed by atoms with van der Waals surface area (Å²) in [5, 5.41) is 0. The van der Waals surface area contributed by atoms with E-state index in [9.17, 15) is 18.0 Å². The second kappa shape index (κ2) is 8.93. The first kappa shape index (κ1) is 23.5. The SMILES string of the molecule is C=Cc1ccc(S(=O)(=O)OCC(C)(C(C)=O)C(=O)OC(C)(C)c2ccccc2)cc1. The minimum Gasteiger partial charge on any atom is -0.454 e. The summed E-state index contributed by atoms with van der Waals surface area (Å²) in [6, 6.07) is 14.9. The van der Waals surface area contributed by atoms with Crippen LogP contribution >= 0.6 is 0 Å². The molecule has 0 spiro atoms. The van der Waals surface area contributed by atoms with Crippen molar-refractivity contribution in [3.63, 3.8) is 0 Å². The number of hydrogen-bond acceptors (Lipinski definition) is 6. The van der Waals surface area contributed by atoms with Crippen molar-refractivity contribution in [3.8, 4) is 0 Å². The Hall–Kier alpha value is -2.77. The number of benzene rings is 2. The van der Waals surface area contributed by atoms with Gasteiger partial charge in [-0.1, -0.05) is 55.1 Å². The van der Waals surface area contributed by atoms with Gasteiger partial charge in [0.25, 0.3) is 10.1 Å². The van der Waals surface area contributed by atoms with Crippen LogP contribution in [0.25, 0.3) is 6.08 Å². The van der Waals surface area contributed by atoms with E-state index >= 15 is 0 Å². The predicted molar refractivity (Wildman–Crippen MR) is 114 cm³/mol. The van der Waals surface area contributed by atoms with E-state index in [1.54, 1.807) is 44.2 Å². The van der Waals surface area contributed by atoms with Gasteiger partial charge >= 0.3 is 5.97 Å². The quantitative estimate of drug-likeness (QED) is 0.338. The number of Topliss-reactive ketones (excluding diaryl/α,β-unsaturated/α-hetero) is 1. The van der Waals surface area contributed by atoms with Gasteiger partial charge in [0.05, 0.1) is 11.5 Å². The molecular weight excluding hydrogens is 404 g/mol. The Balaban J connectivity index is 2.21. The number of carbonyl (C=O) groups excluding carboxylic acids is 2. The van der Waals surface area contributed by atoms with Crippen molar-refractivity contribution in [3.05, 3.63) is 72.3 Å². The zero-order valence-electron chi connectivity index (χ0n) is 17.5. The molecular formula is C23H26O6S. The number of carbonyl (C=O) groups is 2. The second-order valence-corrected chi connectivity index (χ2v) is 9.26. The summed E-state index contributed by atoms with van der Waals surface area (Å²) in [7, 11) is -4.18. The smallest absolute Gasteiger partial charge is 0.322 e. The summed E-state index contributed by atoms with van der Waals surface area (Å²) >= 11 is 0. The second-order valence-electron chi connectivity index (χ2n) is 7.64. The first-order valence-corrected chi connectivity index (χ1v) is 10.8. The lowest BCUT2D eigenvalue weighted by molar-refractivity contribution is -0.173. The Bertz CT molecular complexity index is 1020. The molecule has 0 heterocycles. The van der Waals surface area contributed by atoms with Crippen LogP contribution in [-0.2, 0) is 34.2 Å². The molecule has 0 aliphatic rings. The molecule has 0 radical (unpaired) electrons. The average Bonchev–Trinajstić information content (AvgIpc) is 2.72. The van der Waals surface area contributed by atoms with E-state index in [0.717, 1.165) is 11.1 Å². The van der Waals surface area contributed by atoms with Crippen LogP contribution in [0, 0.1) is 5.41 Å². The van der Waals surface area contributed by atoms with Crippen LogP contribution in [0.4, 0.5) is 0 Å². The summed E-state index contributed by atoms with van der Waals surface area (Å²) in [6.07, 6.45) is 1.58. The normalized spacial score (nSPS) is 13.9. The van der Waals surface area contributed by atoms with Crippen molar-refractivity contribution in [2.75, 3.05) is 6.61 Å². The zero-order valence-corrected chi connectivity index (χ0v) is 18.4. The highest BCUT2D eigenvalue weighted by Gasteiger charge is 2.44. The number of esters is 1. The molecule has 0 aliphatic carbocycles. The predicted octanol–water partition coefficient (Wildman–Crippen LogP) is 4.11. The third-order valence-corrected chi connectivity index (χ3v) is 6.23. The molecule has 1 atom stereocenters. The molecule has 0 aliphatic heterocycles. The first-order chi connectivity index (χ1) is 13.9. The highest BCUT2D eigenvalue weighted by atomic mass is 32.2. The van der Waals surface area contributed by atoms with E-state index in [4.69, 9.17) is 8.92 Å². The summed E-state index contributed by atoms with van der Waals surface area (Å²) in [5.74, 6) is -1.42. The van der Waals surface area contributed by atoms with Gasteiger partial charge in [-0.05, 0) is 51.0 Å². The maximum atomic E-state index is 12.9. The molecule has 2 aromatic rings. The van der Waals surface area contributed by atoms with Gasteiger partial charge in [-0.25, -0.2) is 0 Å². The largest absolute Gasteiger partial charge is 0.454 e. The molecule has 30 heavy (non-hydrogen) atoms. The van der Waals surface area contributed by atoms with Crippen molar-refractivity contribution in [1.29, 1.82) is 0 Å². The molecule has 0 N–H and O–H groups in total. The summed E-state index contributed by atoms with van der Waals surface area (Å²) in [4.78, 5) is 25.1. The Kier molecular flexibility index (Phi) is 7.00. The standard InChI is InChI=1S/C23H26O6S/c1-6-18-12-14-20(15-13-18)30(26,27)28-16-23(5,17(2)24)21(25)29-22(3,4)19-10-8-7-9-11-19/h6-15H,1,16H2,2-5H3. The Morgan fingerprint density at radius 3 is 2.07 bits per heavy atom. The van der Waals surface area contributed by atoms with E-state index in [1.807, 2.05) is 18.2 Å². The van der Waals surface area contributed by atoms with E-state index < -0.39 is 39.5 Å². The van der Waals surface area contributed by atoms with E-state index in [0.29, 0.717) is 0 Å². The summed E-state index contributed by atoms with van der Waals surface area (Å²) in [5.41, 5.74) is -1.33. The van der Waals surface area contributed by atoms with Crippen LogP contribution in [0.5, 0.6) is 0 Å². The topological polar surface area (TPSA) is 86.7 Å². The molecule has 160 valence electrons. The zero-order chi connectivity index (χ0) is 22.6. The fourth-order valence-electron chi connectivity index (χ4n) is 2.58. The summed E-state index contributed by atoms with van der Waals surface area (Å²) in [6.45, 7) is 8.85. The minimum absolute atomic E-state index is 0.0861. The maximum absolute atomic E-state index is 12.9. The first-order valence-electron chi connectivity index (χ1n) is 9.34. The van der Waals surface area contributed by atoms with Gasteiger partial charge in [0, 0.05) is 0 Å². The average molecular weight is 431 g/mol. The molecule has 0 aromatic heterocycles. The molecule has 0 saturated heterocycles. The van der Waals surface area contributed by atoms with Crippen LogP contribution in [-0.4, -0.2) is 26.8 Å². The van der Waals surface area contributed by atoms with Crippen LogP contribution in [0.2, 0.25) is 0 Å². The van der Waals surface area contributed by atoms with Crippen LogP contribution in [0.1, 0.15) is 38.8 Å². The van der Waals surface area contributed by atoms with E-state index in [2.05, 4.69) is 6.58 Å². The van der Waals surface area contributed by atoms with E-state index in [1.165, 1.54) is 26.0 Å². The van der Waals surface area contributed by atoms with Gasteiger partial charge in [-0.3, -0.25) is 13.8 Å². The van der Waals surface area contributed by atoms with Gasteiger partial charge in [-0.15, -0.1) is 0 Å². The van der Waals surface area contributed by atoms with E-state index in [-0.39, 0.29) is 4.90 Å². The Labute approximate surface area is 177 Å². The molecule has 7 heteroatoms. The maximum Gasteiger partial charge on any atom is 0.322 e. The lowest BCUT2D eigenvalue weighted by Gasteiger charge is -2.31. The molecule has 0 fully saturated rings. The molecule has 0 amide bonds. The molecule has 2 aromatic carbocycles. The molecule has 0 bridgehead atoms. The van der Waals surface area contributed by atoms with Crippen LogP contribution in [0.3, 0.4) is 0 Å². The highest BCUT2D eigenvalue weighted by Crippen LogP contribution is 2.31. The Morgan fingerprint density at radius 2 is 1.57 bits per heavy atom. The fourth-order valence-corrected chi connectivity index (χ4v) is 3.58. The van der Waals surface area contributed by atoms with Crippen LogP contribution < -0.4 is 0 Å². The lowest BCUT2D eigenvalue weighted by atomic mass is 9.87. The van der Waals surface area contributed by atoms with Crippen molar-refractivity contribution in [2.24, 2.45) is 5.41 Å². The van der Waals surface area contributed by atoms with Crippen molar-refractivity contribution < 1.29 is 26.9 Å². The number of ether oxygens (including phenoxy) is 1. The van der Waals surface area contributed by atoms with Crippen LogP contribution in [0.15, 0.2) is 66.1 Å². The summed E-state index contributed by atoms with van der Waals surface area (Å²) < 4.78 is 35.7. The van der Waals surface area contributed by atoms with Gasteiger partial charge in [0.15, 0.2) is 0 Å². The molecule has 6 nitrogen and oxygen atoms in total. The van der Waals surface area contributed by atoms with Crippen molar-refractivity contribution >= 4 is 27.9 Å². The number of rotatable bonds is 9. The van der Waals surface area contributed by atoms with Gasteiger partial charge < -0.3 is 4.74 Å². The van der Waals surface area contributed by atoms with Gasteiger partial charge in [0.1, 0.15) is 16.8 Å². The van der Waals surface area contributed by atoms with Crippen molar-refractivity contribution in [2.45, 2.75) is 38.2 Å². The fraction of sp³-hybridized carbons (Fsp3) is 0.304. The third-order valence-electron chi connectivity index (χ3n) is 4.95. The number of hydrogen-bond donors (Lipinski definition) is 0. The van der Waals surface area contributed by atoms with Crippen molar-refractivity contribution in [1.82, 2.24) is 0 Å². The molecule has 0 saturated carbocycles. The minimum atomic E-state index is -4.18. The number of ketones is 1. The third kappa shape index (κ3) is 5.23. The monoisotopic (exact) mass is 430 g/mol. The Morgan fingerprint density at radius 1 is 1.00 bits per heavy atom. The molecule has 2 rings (SSSR count). The van der Waals surface area contributed by atoms with Gasteiger partial charge in [0.2, 0.25) is 0 Å². The lowest BCUT2D eigenvalue weighted by Crippen LogP contribution is -2.44.